The van der Waals surface area contributed by atoms with Crippen LogP contribution in [0.25, 0.3) is 0 Å². The topological polar surface area (TPSA) is 29.5 Å². The monoisotopic (exact) mass is 209 g/mol. The maximum absolute atomic E-state index is 11.7. The molecular weight excluding hydrogens is 190 g/mol. The van der Waals surface area contributed by atoms with Gasteiger partial charge in [0.15, 0.2) is 0 Å². The van der Waals surface area contributed by atoms with Crippen LogP contribution in [0, 0.1) is 0 Å². The maximum atomic E-state index is 11.7. The molecule has 0 radical (unpaired) electrons. The van der Waals surface area contributed by atoms with Crippen molar-refractivity contribution in [1.29, 1.82) is 0 Å². The van der Waals surface area contributed by atoms with Crippen LogP contribution < -0.4 is 0 Å². The first-order valence-corrected chi connectivity index (χ1v) is 5.64. The molecule has 1 aliphatic carbocycles. The van der Waals surface area contributed by atoms with E-state index < -0.39 is 0 Å². The average Bonchev–Trinajstić information content (AvgIpc) is 2.61. The molecule has 1 saturated heterocycles. The van der Waals surface area contributed by atoms with Gasteiger partial charge in [-0.05, 0) is 39.2 Å². The molecule has 2 fully saturated rings. The highest BCUT2D eigenvalue weighted by atomic mass is 16.5. The molecule has 0 aromatic heterocycles. The number of hydrogen-bond donors (Lipinski definition) is 0. The van der Waals surface area contributed by atoms with Crippen LogP contribution in [0.4, 0.5) is 0 Å². The third-order valence-electron chi connectivity index (χ3n) is 3.30. The first kappa shape index (κ1) is 10.7. The van der Waals surface area contributed by atoms with Crippen LogP contribution in [0.15, 0.2) is 12.7 Å². The second-order valence-corrected chi connectivity index (χ2v) is 5.08. The lowest BCUT2D eigenvalue weighted by Gasteiger charge is -2.45. The van der Waals surface area contributed by atoms with E-state index in [0.29, 0.717) is 6.54 Å². The Kier molecular flexibility index (Phi) is 2.59. The number of nitrogens with zero attached hydrogens (tertiary/aromatic N) is 1. The fraction of sp³-hybridized carbons (Fsp3) is 0.750. The number of carbonyl (C=O) groups is 1. The number of morpholine rings is 1. The van der Waals surface area contributed by atoms with E-state index in [4.69, 9.17) is 4.74 Å². The Hall–Kier alpha value is -0.830. The van der Waals surface area contributed by atoms with Gasteiger partial charge in [0.1, 0.15) is 0 Å². The van der Waals surface area contributed by atoms with E-state index in [9.17, 15) is 4.79 Å². The van der Waals surface area contributed by atoms with Crippen molar-refractivity contribution in [2.45, 2.75) is 50.9 Å². The zero-order valence-corrected chi connectivity index (χ0v) is 9.53. The number of rotatable bonds is 1. The van der Waals surface area contributed by atoms with Gasteiger partial charge in [-0.25, -0.2) is 0 Å². The van der Waals surface area contributed by atoms with Crippen molar-refractivity contribution in [3.63, 3.8) is 0 Å². The van der Waals surface area contributed by atoms with Crippen molar-refractivity contribution < 1.29 is 9.53 Å². The highest BCUT2D eigenvalue weighted by molar-refractivity contribution is 5.87. The van der Waals surface area contributed by atoms with Crippen LogP contribution in [0.1, 0.15) is 33.1 Å². The van der Waals surface area contributed by atoms with Crippen LogP contribution in [0.2, 0.25) is 0 Å². The summed E-state index contributed by atoms with van der Waals surface area (Å²) in [5.41, 5.74) is -0.218. The lowest BCUT2D eigenvalue weighted by Crippen LogP contribution is -2.58. The zero-order valence-electron chi connectivity index (χ0n) is 9.53. The predicted octanol–water partition coefficient (Wildman–Crippen LogP) is 1.73. The zero-order chi connectivity index (χ0) is 11.1. The first-order valence-electron chi connectivity index (χ1n) is 5.64. The molecular formula is C12H19NO2. The Morgan fingerprint density at radius 2 is 2.27 bits per heavy atom. The SMILES string of the molecule is C=CC(=O)N1CC(C)(C)O[C@@H]2CCC[C@H]21. The van der Waals surface area contributed by atoms with E-state index in [1.54, 1.807) is 0 Å². The second-order valence-electron chi connectivity index (χ2n) is 5.08. The first-order chi connectivity index (χ1) is 7.03. The van der Waals surface area contributed by atoms with Crippen LogP contribution in [0.3, 0.4) is 0 Å². The van der Waals surface area contributed by atoms with Crippen molar-refractivity contribution in [2.24, 2.45) is 0 Å². The summed E-state index contributed by atoms with van der Waals surface area (Å²) < 4.78 is 5.99. The fourth-order valence-electron chi connectivity index (χ4n) is 2.73. The molecule has 84 valence electrons. The molecule has 1 amide bonds. The number of fused-ring (bicyclic) bond motifs is 1. The Bertz CT molecular complexity index is 285. The number of amides is 1. The molecule has 3 heteroatoms. The highest BCUT2D eigenvalue weighted by Crippen LogP contribution is 2.35. The lowest BCUT2D eigenvalue weighted by molar-refractivity contribution is -0.168. The molecule has 0 N–H and O–H groups in total. The molecule has 1 saturated carbocycles. The molecule has 2 atom stereocenters. The molecule has 2 rings (SSSR count). The predicted molar refractivity (Wildman–Crippen MR) is 58.5 cm³/mol. The van der Waals surface area contributed by atoms with Gasteiger partial charge in [-0.2, -0.15) is 0 Å². The molecule has 3 nitrogen and oxygen atoms in total. The minimum Gasteiger partial charge on any atom is -0.368 e. The fourth-order valence-corrected chi connectivity index (χ4v) is 2.73. The minimum atomic E-state index is -0.218. The van der Waals surface area contributed by atoms with Gasteiger partial charge in [-0.3, -0.25) is 4.79 Å². The third-order valence-corrected chi connectivity index (χ3v) is 3.30. The van der Waals surface area contributed by atoms with Crippen molar-refractivity contribution in [3.8, 4) is 0 Å². The lowest BCUT2D eigenvalue weighted by atomic mass is 10.0. The van der Waals surface area contributed by atoms with Gasteiger partial charge in [0.2, 0.25) is 5.91 Å². The Morgan fingerprint density at radius 1 is 1.53 bits per heavy atom. The molecule has 0 spiro atoms. The van der Waals surface area contributed by atoms with Gasteiger partial charge in [-0.1, -0.05) is 6.58 Å². The Labute approximate surface area is 91.1 Å². The van der Waals surface area contributed by atoms with E-state index in [1.807, 2.05) is 18.7 Å². The van der Waals surface area contributed by atoms with Crippen molar-refractivity contribution in [1.82, 2.24) is 4.90 Å². The number of carbonyl (C=O) groups excluding carboxylic acids is 1. The van der Waals surface area contributed by atoms with Gasteiger partial charge in [-0.15, -0.1) is 0 Å². The standard InChI is InChI=1S/C12H19NO2/c1-4-11(14)13-8-12(2,3)15-10-7-5-6-9(10)13/h4,9-10H,1,5-8H2,2-3H3/t9-,10-/m1/s1. The molecule has 1 heterocycles. The molecule has 1 aliphatic heterocycles. The number of ether oxygens (including phenoxy) is 1. The minimum absolute atomic E-state index is 0.0447. The summed E-state index contributed by atoms with van der Waals surface area (Å²) >= 11 is 0. The summed E-state index contributed by atoms with van der Waals surface area (Å²) in [5, 5.41) is 0. The van der Waals surface area contributed by atoms with Gasteiger partial charge >= 0.3 is 0 Å². The van der Waals surface area contributed by atoms with Crippen molar-refractivity contribution in [2.75, 3.05) is 6.54 Å². The van der Waals surface area contributed by atoms with Crippen LogP contribution in [-0.2, 0) is 9.53 Å². The quantitative estimate of drug-likeness (QED) is 0.615. The third kappa shape index (κ3) is 1.93. The largest absolute Gasteiger partial charge is 0.368 e. The van der Waals surface area contributed by atoms with E-state index >= 15 is 0 Å². The molecule has 2 aliphatic rings. The Morgan fingerprint density at radius 3 is 2.93 bits per heavy atom. The van der Waals surface area contributed by atoms with Crippen molar-refractivity contribution in [3.05, 3.63) is 12.7 Å². The van der Waals surface area contributed by atoms with E-state index in [-0.39, 0.29) is 23.7 Å². The summed E-state index contributed by atoms with van der Waals surface area (Å²) in [6.07, 6.45) is 4.95. The highest BCUT2D eigenvalue weighted by Gasteiger charge is 2.44. The summed E-state index contributed by atoms with van der Waals surface area (Å²) in [7, 11) is 0. The molecule has 0 unspecified atom stereocenters. The van der Waals surface area contributed by atoms with Crippen LogP contribution in [0.5, 0.6) is 0 Å². The summed E-state index contributed by atoms with van der Waals surface area (Å²) in [6, 6.07) is 0.281. The van der Waals surface area contributed by atoms with E-state index in [0.717, 1.165) is 19.3 Å². The van der Waals surface area contributed by atoms with Crippen molar-refractivity contribution >= 4 is 5.91 Å². The Balaban J connectivity index is 2.20. The van der Waals surface area contributed by atoms with Gasteiger partial charge < -0.3 is 9.64 Å². The molecule has 0 aromatic carbocycles. The second kappa shape index (κ2) is 3.63. The molecule has 15 heavy (non-hydrogen) atoms. The van der Waals surface area contributed by atoms with Crippen LogP contribution in [-0.4, -0.2) is 35.1 Å². The van der Waals surface area contributed by atoms with Gasteiger partial charge in [0.25, 0.3) is 0 Å². The van der Waals surface area contributed by atoms with Gasteiger partial charge in [0.05, 0.1) is 17.7 Å². The van der Waals surface area contributed by atoms with E-state index in [2.05, 4.69) is 6.58 Å². The number of hydrogen-bond acceptors (Lipinski definition) is 2. The summed E-state index contributed by atoms with van der Waals surface area (Å²) in [6.45, 7) is 8.34. The average molecular weight is 209 g/mol. The van der Waals surface area contributed by atoms with Crippen LogP contribution >= 0.6 is 0 Å². The molecule has 0 aromatic rings. The smallest absolute Gasteiger partial charge is 0.246 e. The normalized spacial score (nSPS) is 33.6. The molecule has 0 bridgehead atoms. The summed E-state index contributed by atoms with van der Waals surface area (Å²) in [4.78, 5) is 13.7. The summed E-state index contributed by atoms with van der Waals surface area (Å²) in [5.74, 6) is 0.0447. The van der Waals surface area contributed by atoms with E-state index in [1.165, 1.54) is 6.08 Å². The maximum Gasteiger partial charge on any atom is 0.246 e. The van der Waals surface area contributed by atoms with Gasteiger partial charge in [0, 0.05) is 6.54 Å².